The Morgan fingerprint density at radius 1 is 1.21 bits per heavy atom. The molecule has 2 aromatic carbocycles. The van der Waals surface area contributed by atoms with Gasteiger partial charge in [-0.2, -0.15) is 5.10 Å². The molecule has 6 nitrogen and oxygen atoms in total. The van der Waals surface area contributed by atoms with E-state index in [1.54, 1.807) is 7.11 Å². The van der Waals surface area contributed by atoms with Crippen molar-refractivity contribution in [3.8, 4) is 5.75 Å². The Hall–Kier alpha value is -3.06. The molecule has 0 saturated carbocycles. The van der Waals surface area contributed by atoms with Crippen LogP contribution in [-0.4, -0.2) is 22.9 Å². The van der Waals surface area contributed by atoms with Crippen LogP contribution in [0, 0.1) is 19.7 Å². The molecule has 2 N–H and O–H groups in total. The van der Waals surface area contributed by atoms with Gasteiger partial charge < -0.3 is 15.4 Å². The van der Waals surface area contributed by atoms with Gasteiger partial charge in [-0.3, -0.25) is 4.68 Å². The zero-order chi connectivity index (χ0) is 20.3. The first kappa shape index (κ1) is 19.7. The number of methoxy groups -OCH3 is 1. The van der Waals surface area contributed by atoms with Gasteiger partial charge in [0.2, 0.25) is 0 Å². The molecule has 0 radical (unpaired) electrons. The molecule has 8 heteroatoms. The van der Waals surface area contributed by atoms with E-state index in [9.17, 15) is 9.18 Å². The smallest absolute Gasteiger partial charge is 0.323 e. The number of aromatic nitrogens is 2. The number of hydrogen-bond donors (Lipinski definition) is 2. The number of aryl methyl sites for hydroxylation is 1. The van der Waals surface area contributed by atoms with E-state index in [2.05, 4.69) is 15.7 Å². The first-order chi connectivity index (χ1) is 13.4. The SMILES string of the molecule is COc1cccc(Cn2nc(C)c(NC(=O)Nc3ccc(F)c(Cl)c3)c2C)c1. The first-order valence-corrected chi connectivity index (χ1v) is 8.95. The molecule has 1 aromatic heterocycles. The third-order valence-corrected chi connectivity index (χ3v) is 4.55. The maximum absolute atomic E-state index is 13.2. The van der Waals surface area contributed by atoms with Gasteiger partial charge in [0.15, 0.2) is 0 Å². The summed E-state index contributed by atoms with van der Waals surface area (Å²) in [7, 11) is 1.62. The van der Waals surface area contributed by atoms with Gasteiger partial charge in [0.1, 0.15) is 11.6 Å². The van der Waals surface area contributed by atoms with Crippen LogP contribution >= 0.6 is 11.6 Å². The average molecular weight is 403 g/mol. The number of carbonyl (C=O) groups is 1. The number of ether oxygens (including phenoxy) is 1. The van der Waals surface area contributed by atoms with Crippen molar-refractivity contribution >= 4 is 29.0 Å². The minimum Gasteiger partial charge on any atom is -0.497 e. The van der Waals surface area contributed by atoms with Crippen molar-refractivity contribution in [3.63, 3.8) is 0 Å². The molecule has 2 amide bonds. The third kappa shape index (κ3) is 4.43. The van der Waals surface area contributed by atoms with E-state index < -0.39 is 11.8 Å². The molecule has 3 aromatic rings. The maximum atomic E-state index is 13.2. The van der Waals surface area contributed by atoms with Gasteiger partial charge in [0, 0.05) is 5.69 Å². The number of halogens is 2. The lowest BCUT2D eigenvalue weighted by molar-refractivity contribution is 0.262. The summed E-state index contributed by atoms with van der Waals surface area (Å²) in [6, 6.07) is 11.2. The van der Waals surface area contributed by atoms with E-state index in [4.69, 9.17) is 16.3 Å². The van der Waals surface area contributed by atoms with Gasteiger partial charge in [-0.1, -0.05) is 23.7 Å². The van der Waals surface area contributed by atoms with Crippen LogP contribution in [0.1, 0.15) is 17.0 Å². The van der Waals surface area contributed by atoms with Gasteiger partial charge in [0.25, 0.3) is 0 Å². The van der Waals surface area contributed by atoms with Crippen molar-refractivity contribution in [2.75, 3.05) is 17.7 Å². The molecule has 0 aliphatic rings. The van der Waals surface area contributed by atoms with Gasteiger partial charge in [0.05, 0.1) is 35.8 Å². The number of nitrogens with zero attached hydrogens (tertiary/aromatic N) is 2. The number of nitrogens with one attached hydrogen (secondary N) is 2. The van der Waals surface area contributed by atoms with Gasteiger partial charge in [-0.05, 0) is 49.7 Å². The van der Waals surface area contributed by atoms with Crippen molar-refractivity contribution in [1.29, 1.82) is 0 Å². The summed E-state index contributed by atoms with van der Waals surface area (Å²) in [6.45, 7) is 4.24. The van der Waals surface area contributed by atoms with E-state index in [-0.39, 0.29) is 5.02 Å². The molecule has 0 fully saturated rings. The quantitative estimate of drug-likeness (QED) is 0.631. The van der Waals surface area contributed by atoms with Crippen molar-refractivity contribution < 1.29 is 13.9 Å². The van der Waals surface area contributed by atoms with Crippen LogP contribution in [0.3, 0.4) is 0 Å². The molecule has 0 saturated heterocycles. The van der Waals surface area contributed by atoms with Gasteiger partial charge in [-0.15, -0.1) is 0 Å². The highest BCUT2D eigenvalue weighted by molar-refractivity contribution is 6.31. The second-order valence-corrected chi connectivity index (χ2v) is 6.67. The molecular formula is C20H20ClFN4O2. The molecule has 3 rings (SSSR count). The Kier molecular flexibility index (Phi) is 5.84. The highest BCUT2D eigenvalue weighted by atomic mass is 35.5. The van der Waals surface area contributed by atoms with Crippen molar-refractivity contribution in [3.05, 3.63) is 70.3 Å². The Morgan fingerprint density at radius 2 is 2.00 bits per heavy atom. The van der Waals surface area contributed by atoms with Gasteiger partial charge >= 0.3 is 6.03 Å². The molecule has 0 atom stereocenters. The summed E-state index contributed by atoms with van der Waals surface area (Å²) in [5.74, 6) is 0.229. The molecule has 146 valence electrons. The molecule has 1 heterocycles. The minimum absolute atomic E-state index is 0.0590. The molecule has 0 aliphatic heterocycles. The number of benzene rings is 2. The van der Waals surface area contributed by atoms with Crippen LogP contribution in [-0.2, 0) is 6.54 Å². The lowest BCUT2D eigenvalue weighted by atomic mass is 10.2. The summed E-state index contributed by atoms with van der Waals surface area (Å²) < 4.78 is 20.3. The van der Waals surface area contributed by atoms with E-state index in [0.29, 0.717) is 23.6 Å². The zero-order valence-electron chi connectivity index (χ0n) is 15.7. The number of carbonyl (C=O) groups excluding carboxylic acids is 1. The number of anilines is 2. The molecule has 28 heavy (non-hydrogen) atoms. The fourth-order valence-corrected chi connectivity index (χ4v) is 3.01. The molecule has 0 aliphatic carbocycles. The number of hydrogen-bond acceptors (Lipinski definition) is 3. The van der Waals surface area contributed by atoms with Crippen LogP contribution in [0.2, 0.25) is 5.02 Å². The molecule has 0 bridgehead atoms. The highest BCUT2D eigenvalue weighted by Gasteiger charge is 2.15. The Balaban J connectivity index is 1.73. The summed E-state index contributed by atoms with van der Waals surface area (Å²) in [5.41, 5.74) is 3.54. The van der Waals surface area contributed by atoms with Crippen LogP contribution < -0.4 is 15.4 Å². The molecule has 0 spiro atoms. The molecule has 0 unspecified atom stereocenters. The van der Waals surface area contributed by atoms with Crippen molar-refractivity contribution in [1.82, 2.24) is 9.78 Å². The third-order valence-electron chi connectivity index (χ3n) is 4.26. The lowest BCUT2D eigenvalue weighted by Gasteiger charge is -2.10. The summed E-state index contributed by atoms with van der Waals surface area (Å²) >= 11 is 5.74. The normalized spacial score (nSPS) is 10.6. The second kappa shape index (κ2) is 8.31. The standard InChI is InChI=1S/C20H20ClFN4O2/c1-12-19(24-20(27)23-15-7-8-18(22)17(21)10-15)13(2)26(25-12)11-14-5-4-6-16(9-14)28-3/h4-10H,11H2,1-3H3,(H2,23,24,27). The van der Waals surface area contributed by atoms with Crippen molar-refractivity contribution in [2.24, 2.45) is 0 Å². The largest absolute Gasteiger partial charge is 0.497 e. The lowest BCUT2D eigenvalue weighted by Crippen LogP contribution is -2.20. The zero-order valence-corrected chi connectivity index (χ0v) is 16.5. The number of rotatable bonds is 5. The summed E-state index contributed by atoms with van der Waals surface area (Å²) in [4.78, 5) is 12.3. The molecular weight excluding hydrogens is 383 g/mol. The topological polar surface area (TPSA) is 68.2 Å². The van der Waals surface area contributed by atoms with E-state index in [1.807, 2.05) is 42.8 Å². The van der Waals surface area contributed by atoms with E-state index in [1.165, 1.54) is 18.2 Å². The monoisotopic (exact) mass is 402 g/mol. The fourth-order valence-electron chi connectivity index (χ4n) is 2.83. The predicted molar refractivity (Wildman–Crippen MR) is 108 cm³/mol. The fraction of sp³-hybridized carbons (Fsp3) is 0.200. The highest BCUT2D eigenvalue weighted by Crippen LogP contribution is 2.23. The van der Waals surface area contributed by atoms with Crippen molar-refractivity contribution in [2.45, 2.75) is 20.4 Å². The van der Waals surface area contributed by atoms with Crippen LogP contribution in [0.25, 0.3) is 0 Å². The Labute approximate surface area is 167 Å². The van der Waals surface area contributed by atoms with Crippen LogP contribution in [0.5, 0.6) is 5.75 Å². The van der Waals surface area contributed by atoms with Gasteiger partial charge in [-0.25, -0.2) is 9.18 Å². The number of amides is 2. The summed E-state index contributed by atoms with van der Waals surface area (Å²) in [5, 5.41) is 9.88. The van der Waals surface area contributed by atoms with E-state index in [0.717, 1.165) is 17.0 Å². The summed E-state index contributed by atoms with van der Waals surface area (Å²) in [6.07, 6.45) is 0. The maximum Gasteiger partial charge on any atom is 0.323 e. The second-order valence-electron chi connectivity index (χ2n) is 6.26. The predicted octanol–water partition coefficient (Wildman–Crippen LogP) is 4.99. The Bertz CT molecular complexity index is 1020. The average Bonchev–Trinajstić information content (AvgIpc) is 2.92. The Morgan fingerprint density at radius 3 is 2.71 bits per heavy atom. The van der Waals surface area contributed by atoms with Crippen LogP contribution in [0.15, 0.2) is 42.5 Å². The minimum atomic E-state index is -0.543. The number of urea groups is 1. The first-order valence-electron chi connectivity index (χ1n) is 8.57. The van der Waals surface area contributed by atoms with Crippen LogP contribution in [0.4, 0.5) is 20.6 Å². The van der Waals surface area contributed by atoms with E-state index >= 15 is 0 Å².